The highest BCUT2D eigenvalue weighted by Crippen LogP contribution is 2.32. The van der Waals surface area contributed by atoms with Crippen LogP contribution >= 0.6 is 43.5 Å². The Hall–Kier alpha value is -0.910. The molecule has 0 spiro atoms. The fourth-order valence-corrected chi connectivity index (χ4v) is 2.78. The third-order valence-electron chi connectivity index (χ3n) is 2.67. The van der Waals surface area contributed by atoms with Crippen LogP contribution in [0.2, 0.25) is 5.02 Å². The lowest BCUT2D eigenvalue weighted by Gasteiger charge is -2.10. The second-order valence-electron chi connectivity index (χ2n) is 4.16. The predicted molar refractivity (Wildman–Crippen MR) is 85.9 cm³/mol. The van der Waals surface area contributed by atoms with Gasteiger partial charge >= 0.3 is 0 Å². The molecule has 0 saturated heterocycles. The van der Waals surface area contributed by atoms with Gasteiger partial charge in [-0.05, 0) is 58.7 Å². The summed E-state index contributed by atoms with van der Waals surface area (Å²) >= 11 is 12.5. The molecule has 0 heterocycles. The Balaban J connectivity index is 2.30. The van der Waals surface area contributed by atoms with Crippen LogP contribution in [0.1, 0.15) is 15.9 Å². The van der Waals surface area contributed by atoms with Crippen molar-refractivity contribution in [2.45, 2.75) is 6.92 Å². The van der Waals surface area contributed by atoms with Gasteiger partial charge in [-0.2, -0.15) is 0 Å². The maximum Gasteiger partial charge on any atom is 0.255 e. The number of halogens is 4. The molecule has 2 aromatic carbocycles. The molecule has 6 heteroatoms. The van der Waals surface area contributed by atoms with E-state index in [9.17, 15) is 9.18 Å². The molecule has 0 bridgehead atoms. The van der Waals surface area contributed by atoms with Crippen LogP contribution < -0.4 is 5.32 Å². The van der Waals surface area contributed by atoms with E-state index < -0.39 is 5.82 Å². The van der Waals surface area contributed by atoms with Crippen molar-refractivity contribution < 1.29 is 9.18 Å². The first-order chi connectivity index (χ1) is 9.38. The smallest absolute Gasteiger partial charge is 0.255 e. The standard InChI is InChI=1S/C14H9Br2ClFNO/c1-7-4-8(2-3-10(7)15)14(20)19-13-11(16)5-9(18)6-12(13)17/h2-6H,1H3,(H,19,20). The van der Waals surface area contributed by atoms with Crippen molar-refractivity contribution in [3.8, 4) is 0 Å². The third-order valence-corrected chi connectivity index (χ3v) is 4.48. The van der Waals surface area contributed by atoms with Gasteiger partial charge in [0.15, 0.2) is 0 Å². The van der Waals surface area contributed by atoms with E-state index in [0.717, 1.165) is 16.1 Å². The minimum absolute atomic E-state index is 0.138. The summed E-state index contributed by atoms with van der Waals surface area (Å²) in [7, 11) is 0. The van der Waals surface area contributed by atoms with Crippen LogP contribution in [0.4, 0.5) is 10.1 Å². The number of rotatable bonds is 2. The first kappa shape index (κ1) is 15.5. The van der Waals surface area contributed by atoms with Crippen molar-refractivity contribution in [2.75, 3.05) is 5.32 Å². The van der Waals surface area contributed by atoms with E-state index in [4.69, 9.17) is 11.6 Å². The lowest BCUT2D eigenvalue weighted by atomic mass is 10.1. The molecule has 1 N–H and O–H groups in total. The molecule has 1 amide bonds. The van der Waals surface area contributed by atoms with Gasteiger partial charge < -0.3 is 5.32 Å². The zero-order chi connectivity index (χ0) is 14.9. The van der Waals surface area contributed by atoms with Crippen LogP contribution in [-0.4, -0.2) is 5.91 Å². The largest absolute Gasteiger partial charge is 0.320 e. The molecule has 20 heavy (non-hydrogen) atoms. The van der Waals surface area contributed by atoms with Crippen LogP contribution in [0.25, 0.3) is 0 Å². The molecule has 0 aliphatic heterocycles. The van der Waals surface area contributed by atoms with Crippen molar-refractivity contribution in [2.24, 2.45) is 0 Å². The van der Waals surface area contributed by atoms with Gasteiger partial charge in [0.1, 0.15) is 5.82 Å². The van der Waals surface area contributed by atoms with Crippen LogP contribution in [0.3, 0.4) is 0 Å². The van der Waals surface area contributed by atoms with Crippen LogP contribution in [0.15, 0.2) is 39.3 Å². The maximum absolute atomic E-state index is 13.1. The SMILES string of the molecule is Cc1cc(C(=O)Nc2c(Cl)cc(F)cc2Br)ccc1Br. The molecule has 104 valence electrons. The molecule has 2 nitrogen and oxygen atoms in total. The number of hydrogen-bond donors (Lipinski definition) is 1. The van der Waals surface area contributed by atoms with E-state index in [1.165, 1.54) is 6.07 Å². The summed E-state index contributed by atoms with van der Waals surface area (Å²) in [6.07, 6.45) is 0. The normalized spacial score (nSPS) is 10.4. The average Bonchev–Trinajstić information content (AvgIpc) is 2.36. The maximum atomic E-state index is 13.1. The van der Waals surface area contributed by atoms with Crippen LogP contribution in [0, 0.1) is 12.7 Å². The minimum atomic E-state index is -0.473. The fraction of sp³-hybridized carbons (Fsp3) is 0.0714. The molecular formula is C14H9Br2ClFNO. The predicted octanol–water partition coefficient (Wildman–Crippen LogP) is 5.56. The number of aryl methyl sites for hydroxylation is 1. The summed E-state index contributed by atoms with van der Waals surface area (Å²) in [4.78, 5) is 12.2. The molecule has 0 aromatic heterocycles. The number of carbonyl (C=O) groups is 1. The van der Waals surface area contributed by atoms with Gasteiger partial charge in [0, 0.05) is 14.5 Å². The Labute approximate surface area is 137 Å². The topological polar surface area (TPSA) is 29.1 Å². The summed E-state index contributed by atoms with van der Waals surface area (Å²) in [5.74, 6) is -0.783. The number of benzene rings is 2. The van der Waals surface area contributed by atoms with Crippen molar-refractivity contribution in [3.05, 3.63) is 61.2 Å². The summed E-state index contributed by atoms with van der Waals surface area (Å²) in [5, 5.41) is 2.81. The Morgan fingerprint density at radius 2 is 1.90 bits per heavy atom. The fourth-order valence-electron chi connectivity index (χ4n) is 1.63. The minimum Gasteiger partial charge on any atom is -0.320 e. The molecule has 0 saturated carbocycles. The summed E-state index contributed by atoms with van der Waals surface area (Å²) in [6.45, 7) is 1.89. The summed E-state index contributed by atoms with van der Waals surface area (Å²) < 4.78 is 14.5. The highest BCUT2D eigenvalue weighted by atomic mass is 79.9. The van der Waals surface area contributed by atoms with Gasteiger partial charge in [-0.25, -0.2) is 4.39 Å². The van der Waals surface area contributed by atoms with E-state index in [1.807, 2.05) is 6.92 Å². The molecular weight excluding hydrogens is 412 g/mol. The van der Waals surface area contributed by atoms with Gasteiger partial charge in [0.25, 0.3) is 5.91 Å². The molecule has 0 radical (unpaired) electrons. The molecule has 2 aromatic rings. The van der Waals surface area contributed by atoms with E-state index >= 15 is 0 Å². The lowest BCUT2D eigenvalue weighted by Crippen LogP contribution is -2.13. The second-order valence-corrected chi connectivity index (χ2v) is 6.28. The van der Waals surface area contributed by atoms with E-state index in [-0.39, 0.29) is 10.9 Å². The van der Waals surface area contributed by atoms with Gasteiger partial charge in [-0.1, -0.05) is 27.5 Å². The molecule has 2 rings (SSSR count). The number of anilines is 1. The quantitative estimate of drug-likeness (QED) is 0.675. The van der Waals surface area contributed by atoms with E-state index in [2.05, 4.69) is 37.2 Å². The van der Waals surface area contributed by atoms with E-state index in [0.29, 0.717) is 15.7 Å². The molecule has 0 fully saturated rings. The van der Waals surface area contributed by atoms with Crippen LogP contribution in [-0.2, 0) is 0 Å². The zero-order valence-electron chi connectivity index (χ0n) is 10.3. The Bertz CT molecular complexity index is 668. The third kappa shape index (κ3) is 3.40. The van der Waals surface area contributed by atoms with E-state index in [1.54, 1.807) is 18.2 Å². The Kier molecular flexibility index (Phi) is 4.83. The zero-order valence-corrected chi connectivity index (χ0v) is 14.2. The number of carbonyl (C=O) groups excluding carboxylic acids is 1. The van der Waals surface area contributed by atoms with Crippen LogP contribution in [0.5, 0.6) is 0 Å². The molecule has 0 aliphatic rings. The van der Waals surface area contributed by atoms with Gasteiger partial charge in [0.2, 0.25) is 0 Å². The number of amides is 1. The van der Waals surface area contributed by atoms with Crippen molar-refractivity contribution in [3.63, 3.8) is 0 Å². The Morgan fingerprint density at radius 1 is 1.20 bits per heavy atom. The molecule has 0 aliphatic carbocycles. The molecule has 0 atom stereocenters. The van der Waals surface area contributed by atoms with Crippen molar-refractivity contribution >= 4 is 55.1 Å². The lowest BCUT2D eigenvalue weighted by molar-refractivity contribution is 0.102. The number of nitrogens with one attached hydrogen (secondary N) is 1. The summed E-state index contributed by atoms with van der Waals surface area (Å²) in [5.41, 5.74) is 1.79. The van der Waals surface area contributed by atoms with Crippen molar-refractivity contribution in [1.82, 2.24) is 0 Å². The van der Waals surface area contributed by atoms with Gasteiger partial charge in [-0.15, -0.1) is 0 Å². The van der Waals surface area contributed by atoms with Gasteiger partial charge in [0.05, 0.1) is 10.7 Å². The monoisotopic (exact) mass is 419 g/mol. The molecule has 0 unspecified atom stereocenters. The first-order valence-corrected chi connectivity index (χ1v) is 7.57. The highest BCUT2D eigenvalue weighted by molar-refractivity contribution is 9.10. The number of hydrogen-bond acceptors (Lipinski definition) is 1. The highest BCUT2D eigenvalue weighted by Gasteiger charge is 2.13. The van der Waals surface area contributed by atoms with Gasteiger partial charge in [-0.3, -0.25) is 4.79 Å². The first-order valence-electron chi connectivity index (χ1n) is 5.60. The average molecular weight is 421 g/mol. The van der Waals surface area contributed by atoms with Crippen molar-refractivity contribution in [1.29, 1.82) is 0 Å². The summed E-state index contributed by atoms with van der Waals surface area (Å²) in [6, 6.07) is 7.64. The second kappa shape index (κ2) is 6.24. The Morgan fingerprint density at radius 3 is 2.50 bits per heavy atom.